The van der Waals surface area contributed by atoms with E-state index in [2.05, 4.69) is 16.4 Å². The fourth-order valence-corrected chi connectivity index (χ4v) is 2.02. The minimum absolute atomic E-state index is 0.327. The first-order chi connectivity index (χ1) is 8.83. The summed E-state index contributed by atoms with van der Waals surface area (Å²) in [6, 6.07) is 15.6. The number of nitrogens with one attached hydrogen (secondary N) is 2. The molecule has 0 aliphatic carbocycles. The van der Waals surface area contributed by atoms with Crippen LogP contribution in [0.3, 0.4) is 0 Å². The van der Waals surface area contributed by atoms with Crippen LogP contribution in [0.25, 0.3) is 10.9 Å². The predicted molar refractivity (Wildman–Crippen MR) is 73.7 cm³/mol. The summed E-state index contributed by atoms with van der Waals surface area (Å²) in [6.07, 6.45) is 1.93. The van der Waals surface area contributed by atoms with Gasteiger partial charge < -0.3 is 15.4 Å². The molecular weight excluding hydrogens is 224 g/mol. The molecule has 0 amide bonds. The minimum atomic E-state index is 0.327. The first kappa shape index (κ1) is 10.7. The van der Waals surface area contributed by atoms with Crippen LogP contribution in [0.5, 0.6) is 5.75 Å². The summed E-state index contributed by atoms with van der Waals surface area (Å²) in [7, 11) is 0. The number of benzene rings is 2. The highest BCUT2D eigenvalue weighted by Crippen LogP contribution is 2.20. The van der Waals surface area contributed by atoms with Gasteiger partial charge in [0.2, 0.25) is 0 Å². The lowest BCUT2D eigenvalue weighted by Crippen LogP contribution is -1.99. The Morgan fingerprint density at radius 2 is 1.94 bits per heavy atom. The zero-order chi connectivity index (χ0) is 12.4. The van der Waals surface area contributed by atoms with Gasteiger partial charge >= 0.3 is 0 Å². The Labute approximate surface area is 105 Å². The number of hydrogen-bond acceptors (Lipinski definition) is 2. The summed E-state index contributed by atoms with van der Waals surface area (Å²) in [5.41, 5.74) is 3.07. The highest BCUT2D eigenvalue weighted by atomic mass is 16.3. The number of anilines is 1. The Balaban J connectivity index is 1.78. The molecule has 3 heteroatoms. The lowest BCUT2D eigenvalue weighted by atomic mass is 10.2. The largest absolute Gasteiger partial charge is 0.508 e. The van der Waals surface area contributed by atoms with E-state index in [1.807, 2.05) is 42.6 Å². The van der Waals surface area contributed by atoms with Crippen LogP contribution >= 0.6 is 0 Å². The second-order valence-electron chi connectivity index (χ2n) is 4.26. The molecular formula is C15H14N2O. The third kappa shape index (κ3) is 2.02. The molecule has 2 aromatic carbocycles. The topological polar surface area (TPSA) is 48.0 Å². The first-order valence-corrected chi connectivity index (χ1v) is 5.91. The average Bonchev–Trinajstić information content (AvgIpc) is 2.85. The minimum Gasteiger partial charge on any atom is -0.508 e. The molecule has 0 saturated carbocycles. The van der Waals surface area contributed by atoms with Crippen LogP contribution < -0.4 is 5.32 Å². The molecule has 0 bridgehead atoms. The van der Waals surface area contributed by atoms with Gasteiger partial charge in [-0.15, -0.1) is 0 Å². The Morgan fingerprint density at radius 1 is 1.06 bits per heavy atom. The molecule has 1 heterocycles. The molecule has 0 saturated heterocycles. The Bertz CT molecular complexity index is 673. The number of rotatable bonds is 3. The van der Waals surface area contributed by atoms with Crippen molar-refractivity contribution in [1.82, 2.24) is 4.98 Å². The predicted octanol–water partition coefficient (Wildman–Crippen LogP) is 3.49. The van der Waals surface area contributed by atoms with Crippen molar-refractivity contribution in [1.29, 1.82) is 0 Å². The van der Waals surface area contributed by atoms with E-state index in [4.69, 9.17) is 0 Å². The molecule has 3 nitrogen and oxygen atoms in total. The fraction of sp³-hybridized carbons (Fsp3) is 0.0667. The van der Waals surface area contributed by atoms with Crippen LogP contribution in [0.1, 0.15) is 5.56 Å². The second kappa shape index (κ2) is 4.45. The third-order valence-corrected chi connectivity index (χ3v) is 3.03. The van der Waals surface area contributed by atoms with Crippen molar-refractivity contribution in [2.45, 2.75) is 6.54 Å². The number of fused-ring (bicyclic) bond motifs is 1. The Hall–Kier alpha value is -2.42. The molecule has 0 unspecified atom stereocenters. The number of aromatic nitrogens is 1. The van der Waals surface area contributed by atoms with E-state index in [-0.39, 0.29) is 0 Å². The number of H-pyrrole nitrogens is 1. The van der Waals surface area contributed by atoms with Crippen molar-refractivity contribution in [2.75, 3.05) is 5.32 Å². The number of aromatic amines is 1. The molecule has 3 rings (SSSR count). The molecule has 90 valence electrons. The lowest BCUT2D eigenvalue weighted by molar-refractivity contribution is 0.469. The van der Waals surface area contributed by atoms with E-state index >= 15 is 0 Å². The van der Waals surface area contributed by atoms with Gasteiger partial charge in [-0.05, 0) is 30.3 Å². The normalized spacial score (nSPS) is 10.7. The first-order valence-electron chi connectivity index (χ1n) is 5.91. The summed E-state index contributed by atoms with van der Waals surface area (Å²) in [5, 5.41) is 14.2. The highest BCUT2D eigenvalue weighted by Gasteiger charge is 2.00. The standard InChI is InChI=1S/C15H14N2O/c18-15-4-2-1-3-12(15)10-17-13-5-6-14-11(9-13)7-8-16-14/h1-9,16-18H,10H2. The summed E-state index contributed by atoms with van der Waals surface area (Å²) in [4.78, 5) is 3.16. The van der Waals surface area contributed by atoms with E-state index in [1.165, 1.54) is 5.39 Å². The van der Waals surface area contributed by atoms with E-state index < -0.39 is 0 Å². The molecule has 0 aliphatic rings. The van der Waals surface area contributed by atoms with E-state index in [1.54, 1.807) is 6.07 Å². The number of phenolic OH excluding ortho intramolecular Hbond substituents is 1. The molecule has 3 aromatic rings. The van der Waals surface area contributed by atoms with Crippen molar-refractivity contribution in [3.63, 3.8) is 0 Å². The van der Waals surface area contributed by atoms with Crippen LogP contribution in [0, 0.1) is 0 Å². The van der Waals surface area contributed by atoms with E-state index in [9.17, 15) is 5.11 Å². The third-order valence-electron chi connectivity index (χ3n) is 3.03. The van der Waals surface area contributed by atoms with Crippen LogP contribution in [-0.2, 0) is 6.54 Å². The zero-order valence-corrected chi connectivity index (χ0v) is 9.85. The van der Waals surface area contributed by atoms with Crippen molar-refractivity contribution < 1.29 is 5.11 Å². The van der Waals surface area contributed by atoms with Crippen LogP contribution in [-0.4, -0.2) is 10.1 Å². The van der Waals surface area contributed by atoms with Crippen LogP contribution in [0.2, 0.25) is 0 Å². The Morgan fingerprint density at radius 3 is 2.83 bits per heavy atom. The van der Waals surface area contributed by atoms with E-state index in [0.717, 1.165) is 16.8 Å². The Kier molecular flexibility index (Phi) is 2.65. The number of phenols is 1. The quantitative estimate of drug-likeness (QED) is 0.654. The van der Waals surface area contributed by atoms with Gasteiger partial charge in [-0.3, -0.25) is 0 Å². The lowest BCUT2D eigenvalue weighted by Gasteiger charge is -2.08. The highest BCUT2D eigenvalue weighted by molar-refractivity contribution is 5.82. The van der Waals surface area contributed by atoms with Gasteiger partial charge in [-0.25, -0.2) is 0 Å². The SMILES string of the molecule is Oc1ccccc1CNc1ccc2[nH]ccc2c1. The summed E-state index contributed by atoms with van der Waals surface area (Å²) >= 11 is 0. The number of aromatic hydroxyl groups is 1. The monoisotopic (exact) mass is 238 g/mol. The molecule has 0 radical (unpaired) electrons. The van der Waals surface area contributed by atoms with Crippen molar-refractivity contribution >= 4 is 16.6 Å². The summed E-state index contributed by atoms with van der Waals surface area (Å²) in [5.74, 6) is 0.327. The van der Waals surface area contributed by atoms with Gasteiger partial charge in [-0.2, -0.15) is 0 Å². The van der Waals surface area contributed by atoms with Gasteiger partial charge in [0.05, 0.1) is 0 Å². The molecule has 0 spiro atoms. The van der Waals surface area contributed by atoms with Crippen LogP contribution in [0.15, 0.2) is 54.7 Å². The van der Waals surface area contributed by atoms with Gasteiger partial charge in [0.15, 0.2) is 0 Å². The van der Waals surface area contributed by atoms with Crippen molar-refractivity contribution in [3.8, 4) is 5.75 Å². The molecule has 3 N–H and O–H groups in total. The molecule has 1 aromatic heterocycles. The maximum Gasteiger partial charge on any atom is 0.120 e. The summed E-state index contributed by atoms with van der Waals surface area (Å²) in [6.45, 7) is 0.614. The second-order valence-corrected chi connectivity index (χ2v) is 4.26. The maximum absolute atomic E-state index is 9.68. The molecule has 18 heavy (non-hydrogen) atoms. The maximum atomic E-state index is 9.68. The molecule has 0 atom stereocenters. The summed E-state index contributed by atoms with van der Waals surface area (Å²) < 4.78 is 0. The fourth-order valence-electron chi connectivity index (χ4n) is 2.02. The molecule has 0 fully saturated rings. The van der Waals surface area contributed by atoms with Crippen LogP contribution in [0.4, 0.5) is 5.69 Å². The number of para-hydroxylation sites is 1. The zero-order valence-electron chi connectivity index (χ0n) is 9.85. The average molecular weight is 238 g/mol. The molecule has 0 aliphatic heterocycles. The van der Waals surface area contributed by atoms with Gasteiger partial charge in [-0.1, -0.05) is 18.2 Å². The van der Waals surface area contributed by atoms with Gasteiger partial charge in [0.25, 0.3) is 0 Å². The van der Waals surface area contributed by atoms with Gasteiger partial charge in [0.1, 0.15) is 5.75 Å². The van der Waals surface area contributed by atoms with Gasteiger partial charge in [0, 0.05) is 34.9 Å². The van der Waals surface area contributed by atoms with E-state index in [0.29, 0.717) is 12.3 Å². The van der Waals surface area contributed by atoms with Crippen molar-refractivity contribution in [3.05, 3.63) is 60.3 Å². The number of hydrogen-bond donors (Lipinski definition) is 3. The van der Waals surface area contributed by atoms with Crippen molar-refractivity contribution in [2.24, 2.45) is 0 Å². The smallest absolute Gasteiger partial charge is 0.120 e.